The summed E-state index contributed by atoms with van der Waals surface area (Å²) in [5.41, 5.74) is 1.58. The van der Waals surface area contributed by atoms with Crippen LogP contribution in [0.5, 0.6) is 0 Å². The highest BCUT2D eigenvalue weighted by Crippen LogP contribution is 2.30. The topological polar surface area (TPSA) is 49.6 Å². The van der Waals surface area contributed by atoms with Gasteiger partial charge in [0.05, 0.1) is 10.0 Å². The highest BCUT2D eigenvalue weighted by atomic mass is 79.9. The number of halogens is 3. The Morgan fingerprint density at radius 2 is 1.93 bits per heavy atom. The quantitative estimate of drug-likeness (QED) is 0.520. The molecule has 140 valence electrons. The minimum atomic E-state index is -0.0883. The summed E-state index contributed by atoms with van der Waals surface area (Å²) in [6.07, 6.45) is 1.58. The molecule has 1 aliphatic heterocycles. The first kappa shape index (κ1) is 18.6. The van der Waals surface area contributed by atoms with E-state index in [9.17, 15) is 4.79 Å². The van der Waals surface area contributed by atoms with Gasteiger partial charge in [-0.05, 0) is 31.2 Å². The number of furan rings is 1. The molecule has 2 aromatic heterocycles. The van der Waals surface area contributed by atoms with Crippen molar-refractivity contribution in [3.8, 4) is 0 Å². The maximum absolute atomic E-state index is 13.0. The smallest absolute Gasteiger partial charge is 0.290 e. The lowest BCUT2D eigenvalue weighted by atomic mass is 10.1. The van der Waals surface area contributed by atoms with Crippen molar-refractivity contribution < 1.29 is 9.21 Å². The van der Waals surface area contributed by atoms with E-state index in [4.69, 9.17) is 27.6 Å². The standard InChI is InChI=1S/C19H16BrCl2N3O2/c1-11-14-8-12(20)2-3-16(14)27-17(11)19(26)25-6-4-24(5-7-25)18-15(22)9-13(21)10-23-18/h2-3,8-10H,4-7H2,1H3. The lowest BCUT2D eigenvalue weighted by Gasteiger charge is -2.35. The largest absolute Gasteiger partial charge is 0.451 e. The van der Waals surface area contributed by atoms with Gasteiger partial charge in [-0.2, -0.15) is 0 Å². The van der Waals surface area contributed by atoms with E-state index in [-0.39, 0.29) is 5.91 Å². The molecule has 0 bridgehead atoms. The predicted octanol–water partition coefficient (Wildman–Crippen LogP) is 5.17. The molecule has 1 saturated heterocycles. The van der Waals surface area contributed by atoms with E-state index in [2.05, 4.69) is 25.8 Å². The van der Waals surface area contributed by atoms with Crippen molar-refractivity contribution in [3.63, 3.8) is 0 Å². The number of anilines is 1. The van der Waals surface area contributed by atoms with Crippen LogP contribution in [0.2, 0.25) is 10.0 Å². The number of carbonyl (C=O) groups is 1. The van der Waals surface area contributed by atoms with Crippen LogP contribution in [0, 0.1) is 6.92 Å². The van der Waals surface area contributed by atoms with Crippen LogP contribution in [0.3, 0.4) is 0 Å². The number of nitrogens with zero attached hydrogens (tertiary/aromatic N) is 3. The van der Waals surface area contributed by atoms with Gasteiger partial charge in [-0.3, -0.25) is 4.79 Å². The summed E-state index contributed by atoms with van der Waals surface area (Å²) in [6.45, 7) is 4.34. The number of benzene rings is 1. The number of hydrogen-bond acceptors (Lipinski definition) is 4. The number of amides is 1. The van der Waals surface area contributed by atoms with Crippen molar-refractivity contribution in [1.29, 1.82) is 0 Å². The second-order valence-electron chi connectivity index (χ2n) is 6.43. The summed E-state index contributed by atoms with van der Waals surface area (Å²) >= 11 is 15.6. The molecule has 0 N–H and O–H groups in total. The van der Waals surface area contributed by atoms with Crippen molar-refractivity contribution in [2.24, 2.45) is 0 Å². The molecule has 4 rings (SSSR count). The third kappa shape index (κ3) is 3.53. The molecule has 1 aromatic carbocycles. The summed E-state index contributed by atoms with van der Waals surface area (Å²) in [7, 11) is 0. The molecule has 1 aliphatic rings. The Morgan fingerprint density at radius 3 is 2.63 bits per heavy atom. The monoisotopic (exact) mass is 467 g/mol. The third-order valence-corrected chi connectivity index (χ3v) is 5.73. The average molecular weight is 469 g/mol. The van der Waals surface area contributed by atoms with E-state index in [1.165, 1.54) is 0 Å². The van der Waals surface area contributed by atoms with Gasteiger partial charge in [-0.25, -0.2) is 4.98 Å². The van der Waals surface area contributed by atoms with E-state index in [0.29, 0.717) is 47.8 Å². The van der Waals surface area contributed by atoms with E-state index in [0.717, 1.165) is 21.0 Å². The van der Waals surface area contributed by atoms with Gasteiger partial charge >= 0.3 is 0 Å². The van der Waals surface area contributed by atoms with Crippen molar-refractivity contribution in [3.05, 3.63) is 56.3 Å². The first-order chi connectivity index (χ1) is 12.9. The molecule has 3 aromatic rings. The summed E-state index contributed by atoms with van der Waals surface area (Å²) in [5, 5.41) is 1.97. The van der Waals surface area contributed by atoms with Crippen LogP contribution in [0.25, 0.3) is 11.0 Å². The zero-order chi connectivity index (χ0) is 19.1. The number of pyridine rings is 1. The first-order valence-electron chi connectivity index (χ1n) is 8.48. The highest BCUT2D eigenvalue weighted by Gasteiger charge is 2.27. The van der Waals surface area contributed by atoms with E-state index >= 15 is 0 Å². The second-order valence-corrected chi connectivity index (χ2v) is 8.19. The van der Waals surface area contributed by atoms with Gasteiger partial charge in [0.2, 0.25) is 0 Å². The molecular formula is C19H16BrCl2N3O2. The minimum Gasteiger partial charge on any atom is -0.451 e. The summed E-state index contributed by atoms with van der Waals surface area (Å²) < 4.78 is 6.80. The molecular weight excluding hydrogens is 453 g/mol. The Kier molecular flexibility index (Phi) is 5.05. The van der Waals surface area contributed by atoms with Crippen molar-refractivity contribution in [2.45, 2.75) is 6.92 Å². The van der Waals surface area contributed by atoms with Gasteiger partial charge in [0.15, 0.2) is 5.76 Å². The molecule has 27 heavy (non-hydrogen) atoms. The van der Waals surface area contributed by atoms with E-state index in [1.54, 1.807) is 17.2 Å². The minimum absolute atomic E-state index is 0.0883. The van der Waals surface area contributed by atoms with Gasteiger partial charge in [-0.1, -0.05) is 39.1 Å². The number of piperazine rings is 1. The Morgan fingerprint density at radius 1 is 1.19 bits per heavy atom. The van der Waals surface area contributed by atoms with Crippen LogP contribution in [-0.4, -0.2) is 42.0 Å². The normalized spacial score (nSPS) is 14.8. The molecule has 0 unspecified atom stereocenters. The van der Waals surface area contributed by atoms with Crippen molar-refractivity contribution in [1.82, 2.24) is 9.88 Å². The Hall–Kier alpha value is -1.76. The summed E-state index contributed by atoms with van der Waals surface area (Å²) in [5.74, 6) is 1.01. The molecule has 1 fully saturated rings. The van der Waals surface area contributed by atoms with Crippen molar-refractivity contribution >= 4 is 61.8 Å². The molecule has 0 aliphatic carbocycles. The summed E-state index contributed by atoms with van der Waals surface area (Å²) in [6, 6.07) is 7.42. The van der Waals surface area contributed by atoms with Crippen LogP contribution in [0.4, 0.5) is 5.82 Å². The average Bonchev–Trinajstić information content (AvgIpc) is 2.98. The van der Waals surface area contributed by atoms with Gasteiger partial charge in [-0.15, -0.1) is 0 Å². The van der Waals surface area contributed by atoms with Crippen LogP contribution >= 0.6 is 39.1 Å². The predicted molar refractivity (Wildman–Crippen MR) is 111 cm³/mol. The van der Waals surface area contributed by atoms with Gasteiger partial charge in [0.25, 0.3) is 5.91 Å². The first-order valence-corrected chi connectivity index (χ1v) is 10.0. The molecule has 0 spiro atoms. The van der Waals surface area contributed by atoms with Crippen LogP contribution in [0.15, 0.2) is 39.4 Å². The van der Waals surface area contributed by atoms with E-state index < -0.39 is 0 Å². The maximum atomic E-state index is 13.0. The molecule has 3 heterocycles. The molecule has 0 atom stereocenters. The molecule has 0 radical (unpaired) electrons. The Bertz CT molecular complexity index is 1030. The number of rotatable bonds is 2. The lowest BCUT2D eigenvalue weighted by molar-refractivity contribution is 0.0716. The zero-order valence-corrected chi connectivity index (χ0v) is 17.6. The van der Waals surface area contributed by atoms with Gasteiger partial charge < -0.3 is 14.2 Å². The fourth-order valence-corrected chi connectivity index (χ4v) is 4.16. The number of carbonyl (C=O) groups excluding carboxylic acids is 1. The van der Waals surface area contributed by atoms with Gasteiger partial charge in [0.1, 0.15) is 11.4 Å². The molecule has 8 heteroatoms. The van der Waals surface area contributed by atoms with E-state index in [1.807, 2.05) is 25.1 Å². The Balaban J connectivity index is 1.51. The zero-order valence-electron chi connectivity index (χ0n) is 14.5. The number of aromatic nitrogens is 1. The van der Waals surface area contributed by atoms with Crippen LogP contribution in [0.1, 0.15) is 16.1 Å². The number of hydrogen-bond donors (Lipinski definition) is 0. The SMILES string of the molecule is Cc1c(C(=O)N2CCN(c3ncc(Cl)cc3Cl)CC2)oc2ccc(Br)cc12. The maximum Gasteiger partial charge on any atom is 0.290 e. The third-order valence-electron chi connectivity index (χ3n) is 4.75. The molecule has 5 nitrogen and oxygen atoms in total. The number of aryl methyl sites for hydroxylation is 1. The number of fused-ring (bicyclic) bond motifs is 1. The molecule has 0 saturated carbocycles. The fourth-order valence-electron chi connectivity index (χ4n) is 3.30. The molecule has 1 amide bonds. The fraction of sp³-hybridized carbons (Fsp3) is 0.263. The highest BCUT2D eigenvalue weighted by molar-refractivity contribution is 9.10. The summed E-state index contributed by atoms with van der Waals surface area (Å²) in [4.78, 5) is 21.2. The Labute approximate surface area is 175 Å². The van der Waals surface area contributed by atoms with Crippen molar-refractivity contribution in [2.75, 3.05) is 31.1 Å². The van der Waals surface area contributed by atoms with Crippen LogP contribution in [-0.2, 0) is 0 Å². The van der Waals surface area contributed by atoms with Gasteiger partial charge in [0, 0.05) is 47.8 Å². The lowest BCUT2D eigenvalue weighted by Crippen LogP contribution is -2.49. The second kappa shape index (κ2) is 7.34. The van der Waals surface area contributed by atoms with Crippen LogP contribution < -0.4 is 4.90 Å².